The van der Waals surface area contributed by atoms with Crippen molar-refractivity contribution in [3.8, 4) is 11.8 Å². The van der Waals surface area contributed by atoms with E-state index in [0.29, 0.717) is 13.1 Å². The minimum atomic E-state index is -0.935. The summed E-state index contributed by atoms with van der Waals surface area (Å²) >= 11 is 0. The molecular weight excluding hydrogens is 330 g/mol. The van der Waals surface area contributed by atoms with Crippen molar-refractivity contribution in [2.75, 3.05) is 41.4 Å². The second kappa shape index (κ2) is 9.32. The van der Waals surface area contributed by atoms with Crippen LogP contribution in [0.5, 0.6) is 0 Å². The number of methoxy groups -OCH3 is 2. The van der Waals surface area contributed by atoms with Gasteiger partial charge in [-0.25, -0.2) is 9.59 Å². The third kappa shape index (κ3) is 4.97. The van der Waals surface area contributed by atoms with E-state index >= 15 is 0 Å². The molecule has 25 heavy (non-hydrogen) atoms. The molecule has 0 spiro atoms. The highest BCUT2D eigenvalue weighted by molar-refractivity contribution is 6.28. The molecule has 0 aromatic carbocycles. The summed E-state index contributed by atoms with van der Waals surface area (Å²) in [6.07, 6.45) is 1.75. The van der Waals surface area contributed by atoms with Crippen LogP contribution in [-0.4, -0.2) is 74.9 Å². The van der Waals surface area contributed by atoms with Gasteiger partial charge >= 0.3 is 12.0 Å². The van der Waals surface area contributed by atoms with Crippen molar-refractivity contribution in [1.82, 2.24) is 15.1 Å². The Labute approximate surface area is 145 Å². The molecule has 0 aromatic heterocycles. The maximum atomic E-state index is 12.7. The predicted octanol–water partition coefficient (Wildman–Crippen LogP) is -0.516. The first kappa shape index (κ1) is 20.0. The third-order valence-corrected chi connectivity index (χ3v) is 3.53. The Morgan fingerprint density at radius 2 is 1.64 bits per heavy atom. The zero-order valence-corrected chi connectivity index (χ0v) is 14.7. The molecule has 1 heterocycles. The molecule has 0 aliphatic carbocycles. The van der Waals surface area contributed by atoms with Crippen LogP contribution < -0.4 is 5.32 Å². The number of imide groups is 1. The smallest absolute Gasteiger partial charge is 0.384 e. The lowest BCUT2D eigenvalue weighted by Crippen LogP contribution is -2.42. The fourth-order valence-corrected chi connectivity index (χ4v) is 2.24. The van der Waals surface area contributed by atoms with Crippen LogP contribution >= 0.6 is 0 Å². The van der Waals surface area contributed by atoms with Gasteiger partial charge in [0.2, 0.25) is 11.7 Å². The largest absolute Gasteiger partial charge is 0.482 e. The SMILES string of the molecule is CNC(=O)N(C)C(=O)/C(C(=O)C#CC(=O)OC)=C(/OC)N1CCCC1. The molecule has 136 valence electrons. The Kier molecular flexibility index (Phi) is 7.46. The van der Waals surface area contributed by atoms with E-state index in [2.05, 4.69) is 16.0 Å². The average Bonchev–Trinajstić information content (AvgIpc) is 3.15. The van der Waals surface area contributed by atoms with Crippen LogP contribution in [0.2, 0.25) is 0 Å². The highest BCUT2D eigenvalue weighted by atomic mass is 16.5. The lowest BCUT2D eigenvalue weighted by Gasteiger charge is -2.23. The molecule has 9 nitrogen and oxygen atoms in total. The standard InChI is InChI=1S/C16H21N3O6/c1-17-16(23)18(2)14(22)13(11(20)7-8-12(21)24-3)15(25-4)19-9-5-6-10-19/h5-6,9-10H2,1-4H3,(H,17,23)/b15-13+. The number of carbonyl (C=O) groups excluding carboxylic acids is 4. The second-order valence-electron chi connectivity index (χ2n) is 5.07. The number of urea groups is 1. The van der Waals surface area contributed by atoms with Crippen molar-refractivity contribution in [3.05, 3.63) is 11.5 Å². The lowest BCUT2D eigenvalue weighted by atomic mass is 10.1. The van der Waals surface area contributed by atoms with Gasteiger partial charge in [0, 0.05) is 33.1 Å². The van der Waals surface area contributed by atoms with Crippen molar-refractivity contribution in [2.24, 2.45) is 0 Å². The number of hydrogen-bond acceptors (Lipinski definition) is 7. The van der Waals surface area contributed by atoms with Gasteiger partial charge < -0.3 is 19.7 Å². The quantitative estimate of drug-likeness (QED) is 0.106. The molecule has 1 rings (SSSR count). The molecule has 1 aliphatic rings. The van der Waals surface area contributed by atoms with Gasteiger partial charge in [-0.2, -0.15) is 0 Å². The number of rotatable bonds is 4. The minimum absolute atomic E-state index is 0.0300. The van der Waals surface area contributed by atoms with Gasteiger partial charge in [0.05, 0.1) is 14.2 Å². The van der Waals surface area contributed by atoms with Crippen molar-refractivity contribution in [3.63, 3.8) is 0 Å². The number of hydrogen-bond donors (Lipinski definition) is 1. The van der Waals surface area contributed by atoms with Crippen LogP contribution in [0.3, 0.4) is 0 Å². The number of likely N-dealkylation sites (tertiary alicyclic amines) is 1. The van der Waals surface area contributed by atoms with Gasteiger partial charge in [-0.3, -0.25) is 14.5 Å². The first-order valence-electron chi connectivity index (χ1n) is 7.54. The average molecular weight is 351 g/mol. The molecule has 0 saturated carbocycles. The van der Waals surface area contributed by atoms with Crippen LogP contribution in [0.4, 0.5) is 4.79 Å². The summed E-state index contributed by atoms with van der Waals surface area (Å²) in [7, 11) is 5.01. The fourth-order valence-electron chi connectivity index (χ4n) is 2.24. The molecule has 0 radical (unpaired) electrons. The van der Waals surface area contributed by atoms with Gasteiger partial charge in [0.1, 0.15) is 0 Å². The Balaban J connectivity index is 3.36. The number of ketones is 1. The van der Waals surface area contributed by atoms with Gasteiger partial charge in [-0.1, -0.05) is 0 Å². The normalized spacial score (nSPS) is 13.8. The molecule has 0 aromatic rings. The highest BCUT2D eigenvalue weighted by Crippen LogP contribution is 2.20. The number of esters is 1. The summed E-state index contributed by atoms with van der Waals surface area (Å²) in [5, 5.41) is 2.29. The molecule has 1 saturated heterocycles. The zero-order chi connectivity index (χ0) is 19.0. The Bertz CT molecular complexity index is 653. The molecule has 1 aliphatic heterocycles. The van der Waals surface area contributed by atoms with Crippen LogP contribution in [-0.2, 0) is 23.9 Å². The summed E-state index contributed by atoms with van der Waals surface area (Å²) in [6, 6.07) is -0.701. The number of Topliss-reactive ketones (excluding diaryl/α,β-unsaturated/α-hetero) is 1. The van der Waals surface area contributed by atoms with E-state index in [-0.39, 0.29) is 5.88 Å². The minimum Gasteiger partial charge on any atom is -0.482 e. The van der Waals surface area contributed by atoms with Crippen molar-refractivity contribution in [2.45, 2.75) is 12.8 Å². The summed E-state index contributed by atoms with van der Waals surface area (Å²) in [6.45, 7) is 1.20. The van der Waals surface area contributed by atoms with Crippen molar-refractivity contribution >= 4 is 23.7 Å². The summed E-state index contributed by atoms with van der Waals surface area (Å²) in [4.78, 5) is 50.4. The van der Waals surface area contributed by atoms with Crippen LogP contribution in [0.25, 0.3) is 0 Å². The third-order valence-electron chi connectivity index (χ3n) is 3.53. The monoisotopic (exact) mass is 351 g/mol. The van der Waals surface area contributed by atoms with E-state index in [4.69, 9.17) is 4.74 Å². The van der Waals surface area contributed by atoms with E-state index in [1.54, 1.807) is 4.90 Å². The number of nitrogens with one attached hydrogen (secondary N) is 1. The molecule has 9 heteroatoms. The van der Waals surface area contributed by atoms with Crippen LogP contribution in [0.15, 0.2) is 11.5 Å². The van der Waals surface area contributed by atoms with E-state index < -0.39 is 29.3 Å². The first-order valence-corrected chi connectivity index (χ1v) is 7.54. The summed E-state index contributed by atoms with van der Waals surface area (Å²) in [5.74, 6) is 1.33. The maximum Gasteiger partial charge on any atom is 0.384 e. The fraction of sp³-hybridized carbons (Fsp3) is 0.500. The number of ether oxygens (including phenoxy) is 2. The zero-order valence-electron chi connectivity index (χ0n) is 14.7. The van der Waals surface area contributed by atoms with Gasteiger partial charge in [0.15, 0.2) is 5.57 Å². The van der Waals surface area contributed by atoms with E-state index in [1.165, 1.54) is 21.2 Å². The molecular formula is C16H21N3O6. The second-order valence-corrected chi connectivity index (χ2v) is 5.07. The van der Waals surface area contributed by atoms with Crippen molar-refractivity contribution < 1.29 is 28.7 Å². The molecule has 0 bridgehead atoms. The molecule has 0 atom stereocenters. The van der Waals surface area contributed by atoms with Crippen molar-refractivity contribution in [1.29, 1.82) is 0 Å². The Morgan fingerprint density at radius 1 is 1.04 bits per heavy atom. The topological polar surface area (TPSA) is 105 Å². The Morgan fingerprint density at radius 3 is 2.12 bits per heavy atom. The molecule has 1 fully saturated rings. The number of nitrogens with zero attached hydrogens (tertiary/aromatic N) is 2. The Hall–Kier alpha value is -3.02. The lowest BCUT2D eigenvalue weighted by molar-refractivity contribution is -0.134. The van der Waals surface area contributed by atoms with Crippen LogP contribution in [0.1, 0.15) is 12.8 Å². The van der Waals surface area contributed by atoms with E-state index in [0.717, 1.165) is 24.9 Å². The maximum absolute atomic E-state index is 12.7. The van der Waals surface area contributed by atoms with E-state index in [1.807, 2.05) is 5.92 Å². The number of amides is 3. The number of likely N-dealkylation sites (N-methyl/N-ethyl adjacent to an activating group) is 1. The van der Waals surface area contributed by atoms with Gasteiger partial charge in [-0.15, -0.1) is 0 Å². The van der Waals surface area contributed by atoms with E-state index in [9.17, 15) is 19.2 Å². The van der Waals surface area contributed by atoms with Gasteiger partial charge in [-0.05, 0) is 18.8 Å². The summed E-state index contributed by atoms with van der Waals surface area (Å²) < 4.78 is 9.61. The predicted molar refractivity (Wildman–Crippen MR) is 86.9 cm³/mol. The summed E-state index contributed by atoms with van der Waals surface area (Å²) in [5.41, 5.74) is -0.410. The van der Waals surface area contributed by atoms with Gasteiger partial charge in [0.25, 0.3) is 5.91 Å². The highest BCUT2D eigenvalue weighted by Gasteiger charge is 2.32. The van der Waals surface area contributed by atoms with Crippen LogP contribution in [0, 0.1) is 11.8 Å². The molecule has 1 N–H and O–H groups in total. The molecule has 3 amide bonds. The first-order chi connectivity index (χ1) is 11.9. The molecule has 0 unspecified atom stereocenters. The number of carbonyl (C=O) groups is 4.